The summed E-state index contributed by atoms with van der Waals surface area (Å²) in [5.74, 6) is -0.487. The van der Waals surface area contributed by atoms with Crippen molar-refractivity contribution in [3.05, 3.63) is 65.7 Å². The van der Waals surface area contributed by atoms with Gasteiger partial charge in [0.15, 0.2) is 11.5 Å². The Morgan fingerprint density at radius 3 is 2.68 bits per heavy atom. The predicted molar refractivity (Wildman–Crippen MR) is 101 cm³/mol. The number of ether oxygens (including phenoxy) is 2. The smallest absolute Gasteiger partial charge is 0.294 e. The molecule has 6 nitrogen and oxygen atoms in total. The molecule has 28 heavy (non-hydrogen) atoms. The van der Waals surface area contributed by atoms with Gasteiger partial charge < -0.3 is 14.4 Å². The Bertz CT molecular complexity index is 938. The summed E-state index contributed by atoms with van der Waals surface area (Å²) in [6, 6.07) is 12.9. The summed E-state index contributed by atoms with van der Waals surface area (Å²) in [6.07, 6.45) is 1.48. The first-order valence-corrected chi connectivity index (χ1v) is 9.03. The molecule has 2 aromatic rings. The molecule has 144 valence electrons. The van der Waals surface area contributed by atoms with Gasteiger partial charge in [-0.3, -0.25) is 14.5 Å². The lowest BCUT2D eigenvalue weighted by atomic mass is 10.1. The number of hydrogen-bond acceptors (Lipinski definition) is 4. The first-order valence-electron chi connectivity index (χ1n) is 9.03. The van der Waals surface area contributed by atoms with Gasteiger partial charge >= 0.3 is 0 Å². The van der Waals surface area contributed by atoms with Crippen molar-refractivity contribution in [1.82, 2.24) is 4.90 Å². The van der Waals surface area contributed by atoms with Crippen LogP contribution >= 0.6 is 0 Å². The van der Waals surface area contributed by atoms with Crippen LogP contribution in [0.2, 0.25) is 0 Å². The minimum Gasteiger partial charge on any atom is -0.449 e. The SMILES string of the molecule is O=C(CN1C(=O)C(=Cc2cccc(F)c2)Oc2ccccc21)N1CCOCC1. The Balaban J connectivity index is 1.64. The number of carbonyl (C=O) groups excluding carboxylic acids is 2. The summed E-state index contributed by atoms with van der Waals surface area (Å²) in [5.41, 5.74) is 1.03. The van der Waals surface area contributed by atoms with Crippen LogP contribution in [-0.2, 0) is 14.3 Å². The Labute approximate surface area is 161 Å². The van der Waals surface area contributed by atoms with E-state index in [4.69, 9.17) is 9.47 Å². The summed E-state index contributed by atoms with van der Waals surface area (Å²) in [5, 5.41) is 0. The molecule has 4 rings (SSSR count). The van der Waals surface area contributed by atoms with E-state index in [1.54, 1.807) is 41.3 Å². The zero-order chi connectivity index (χ0) is 19.5. The van der Waals surface area contributed by atoms with Gasteiger partial charge in [-0.25, -0.2) is 4.39 Å². The lowest BCUT2D eigenvalue weighted by Crippen LogP contribution is -2.48. The second-order valence-electron chi connectivity index (χ2n) is 6.52. The topological polar surface area (TPSA) is 59.1 Å². The molecule has 0 aromatic heterocycles. The molecule has 0 saturated carbocycles. The van der Waals surface area contributed by atoms with Gasteiger partial charge in [-0.2, -0.15) is 0 Å². The van der Waals surface area contributed by atoms with Crippen molar-refractivity contribution in [1.29, 1.82) is 0 Å². The van der Waals surface area contributed by atoms with Crippen LogP contribution in [-0.4, -0.2) is 49.6 Å². The number of para-hydroxylation sites is 2. The van der Waals surface area contributed by atoms with Gasteiger partial charge in [-0.15, -0.1) is 0 Å². The lowest BCUT2D eigenvalue weighted by Gasteiger charge is -2.33. The number of amides is 2. The van der Waals surface area contributed by atoms with Crippen LogP contribution in [0.15, 0.2) is 54.3 Å². The van der Waals surface area contributed by atoms with Gasteiger partial charge in [0.1, 0.15) is 12.4 Å². The maximum atomic E-state index is 13.5. The summed E-state index contributed by atoms with van der Waals surface area (Å²) in [7, 11) is 0. The molecule has 2 amide bonds. The monoisotopic (exact) mass is 382 g/mol. The maximum Gasteiger partial charge on any atom is 0.294 e. The van der Waals surface area contributed by atoms with Gasteiger partial charge in [0.2, 0.25) is 5.91 Å². The zero-order valence-electron chi connectivity index (χ0n) is 15.1. The third-order valence-corrected chi connectivity index (χ3v) is 4.64. The number of rotatable bonds is 3. The Hall–Kier alpha value is -3.19. The molecule has 0 unspecified atom stereocenters. The highest BCUT2D eigenvalue weighted by Gasteiger charge is 2.32. The third kappa shape index (κ3) is 3.75. The Morgan fingerprint density at radius 1 is 1.11 bits per heavy atom. The molecule has 0 N–H and O–H groups in total. The van der Waals surface area contributed by atoms with Crippen molar-refractivity contribution in [3.8, 4) is 5.75 Å². The van der Waals surface area contributed by atoms with Crippen molar-refractivity contribution in [2.75, 3.05) is 37.7 Å². The van der Waals surface area contributed by atoms with Crippen LogP contribution in [0.1, 0.15) is 5.56 Å². The quantitative estimate of drug-likeness (QED) is 0.766. The highest BCUT2D eigenvalue weighted by atomic mass is 19.1. The third-order valence-electron chi connectivity index (χ3n) is 4.64. The van der Waals surface area contributed by atoms with E-state index in [0.717, 1.165) is 0 Å². The van der Waals surface area contributed by atoms with Gasteiger partial charge in [0.25, 0.3) is 5.91 Å². The van der Waals surface area contributed by atoms with E-state index < -0.39 is 11.7 Å². The minimum absolute atomic E-state index is 0.0408. The fourth-order valence-electron chi connectivity index (χ4n) is 3.21. The molecule has 0 bridgehead atoms. The van der Waals surface area contributed by atoms with Gasteiger partial charge in [0, 0.05) is 13.1 Å². The second kappa shape index (κ2) is 7.82. The lowest BCUT2D eigenvalue weighted by molar-refractivity contribution is -0.135. The van der Waals surface area contributed by atoms with Gasteiger partial charge in [-0.05, 0) is 35.9 Å². The first-order chi connectivity index (χ1) is 13.6. The fourth-order valence-corrected chi connectivity index (χ4v) is 3.21. The number of fused-ring (bicyclic) bond motifs is 1. The average Bonchev–Trinajstić information content (AvgIpc) is 2.71. The fraction of sp³-hybridized carbons (Fsp3) is 0.238. The van der Waals surface area contributed by atoms with E-state index in [9.17, 15) is 14.0 Å². The molecule has 2 aliphatic rings. The van der Waals surface area contributed by atoms with Crippen LogP contribution in [0.4, 0.5) is 10.1 Å². The van der Waals surface area contributed by atoms with Crippen molar-refractivity contribution in [2.24, 2.45) is 0 Å². The minimum atomic E-state index is -0.440. The maximum absolute atomic E-state index is 13.5. The standard InChI is InChI=1S/C21H19FN2O4/c22-16-5-3-4-15(12-16)13-19-21(26)24(17-6-1-2-7-18(17)28-19)14-20(25)23-8-10-27-11-9-23/h1-7,12-13H,8-11,14H2. The molecule has 0 spiro atoms. The van der Waals surface area contributed by atoms with Crippen molar-refractivity contribution in [3.63, 3.8) is 0 Å². The van der Waals surface area contributed by atoms with E-state index in [2.05, 4.69) is 0 Å². The zero-order valence-corrected chi connectivity index (χ0v) is 15.1. The van der Waals surface area contributed by atoms with Crippen molar-refractivity contribution >= 4 is 23.6 Å². The normalized spacial score (nSPS) is 18.0. The molecule has 1 fully saturated rings. The van der Waals surface area contributed by atoms with Crippen LogP contribution < -0.4 is 9.64 Å². The van der Waals surface area contributed by atoms with E-state index in [-0.39, 0.29) is 18.2 Å². The molecule has 0 aliphatic carbocycles. The van der Waals surface area contributed by atoms with E-state index in [1.807, 2.05) is 0 Å². The molecular formula is C21H19FN2O4. The number of carbonyl (C=O) groups is 2. The second-order valence-corrected chi connectivity index (χ2v) is 6.52. The molecule has 2 heterocycles. The van der Waals surface area contributed by atoms with Gasteiger partial charge in [-0.1, -0.05) is 24.3 Å². The van der Waals surface area contributed by atoms with Crippen LogP contribution in [0.5, 0.6) is 5.75 Å². The predicted octanol–water partition coefficient (Wildman–Crippen LogP) is 2.45. The first kappa shape index (κ1) is 18.2. The van der Waals surface area contributed by atoms with Crippen molar-refractivity contribution in [2.45, 2.75) is 0 Å². The number of morpholine rings is 1. The molecule has 2 aliphatic heterocycles. The summed E-state index contributed by atoms with van der Waals surface area (Å²) in [6.45, 7) is 1.89. The number of nitrogens with zero attached hydrogens (tertiary/aromatic N) is 2. The van der Waals surface area contributed by atoms with Crippen LogP contribution in [0, 0.1) is 5.82 Å². The number of anilines is 1. The molecular weight excluding hydrogens is 363 g/mol. The number of hydrogen-bond donors (Lipinski definition) is 0. The van der Waals surface area contributed by atoms with Gasteiger partial charge in [0.05, 0.1) is 18.9 Å². The summed E-state index contributed by atoms with van der Waals surface area (Å²) >= 11 is 0. The van der Waals surface area contributed by atoms with Crippen LogP contribution in [0.3, 0.4) is 0 Å². The van der Waals surface area contributed by atoms with E-state index in [1.165, 1.54) is 23.1 Å². The van der Waals surface area contributed by atoms with Crippen molar-refractivity contribution < 1.29 is 23.5 Å². The summed E-state index contributed by atoms with van der Waals surface area (Å²) in [4.78, 5) is 28.8. The van der Waals surface area contributed by atoms with E-state index in [0.29, 0.717) is 43.3 Å². The highest BCUT2D eigenvalue weighted by molar-refractivity contribution is 6.12. The highest BCUT2D eigenvalue weighted by Crippen LogP contribution is 2.35. The summed E-state index contributed by atoms with van der Waals surface area (Å²) < 4.78 is 24.5. The van der Waals surface area contributed by atoms with E-state index >= 15 is 0 Å². The Kier molecular flexibility index (Phi) is 5.08. The largest absolute Gasteiger partial charge is 0.449 e. The molecule has 0 atom stereocenters. The molecule has 1 saturated heterocycles. The number of benzene rings is 2. The average molecular weight is 382 g/mol. The van der Waals surface area contributed by atoms with Crippen LogP contribution in [0.25, 0.3) is 6.08 Å². The molecule has 7 heteroatoms. The number of halogens is 1. The Morgan fingerprint density at radius 2 is 1.89 bits per heavy atom. The molecule has 2 aromatic carbocycles. The molecule has 0 radical (unpaired) electrons.